The van der Waals surface area contributed by atoms with Crippen LogP contribution in [0.4, 0.5) is 0 Å². The molecule has 10 heteroatoms. The quantitative estimate of drug-likeness (QED) is 0.576. The minimum atomic E-state index is -3.47. The van der Waals surface area contributed by atoms with Crippen LogP contribution in [0.15, 0.2) is 0 Å². The highest BCUT2D eigenvalue weighted by molar-refractivity contribution is 7.86. The van der Waals surface area contributed by atoms with Crippen LogP contribution in [0.2, 0.25) is 0 Å². The predicted octanol–water partition coefficient (Wildman–Crippen LogP) is 0.775. The largest absolute Gasteiger partial charge is 0.349 e. The highest BCUT2D eigenvalue weighted by Gasteiger charge is 2.49. The smallest absolute Gasteiger partial charge is 0.264 e. The molecule has 0 aromatic heterocycles. The summed E-state index contributed by atoms with van der Waals surface area (Å²) in [7, 11) is -6.95. The first-order chi connectivity index (χ1) is 10.5. The zero-order valence-electron chi connectivity index (χ0n) is 13.4. The second kappa shape index (κ2) is 6.93. The van der Waals surface area contributed by atoms with E-state index in [4.69, 9.17) is 17.8 Å². The van der Waals surface area contributed by atoms with Crippen LogP contribution in [0.1, 0.15) is 38.5 Å². The molecule has 2 bridgehead atoms. The molecule has 0 unspecified atom stereocenters. The van der Waals surface area contributed by atoms with E-state index in [-0.39, 0.29) is 20.0 Å². The van der Waals surface area contributed by atoms with E-state index in [9.17, 15) is 16.8 Å². The number of hydrogen-bond acceptors (Lipinski definition) is 8. The van der Waals surface area contributed by atoms with Crippen LogP contribution in [0.5, 0.6) is 0 Å². The van der Waals surface area contributed by atoms with Crippen LogP contribution in [0.25, 0.3) is 0 Å². The molecule has 2 atom stereocenters. The molecule has 23 heavy (non-hydrogen) atoms. The van der Waals surface area contributed by atoms with Gasteiger partial charge in [-0.25, -0.2) is 0 Å². The Morgan fingerprint density at radius 1 is 0.870 bits per heavy atom. The van der Waals surface area contributed by atoms with Gasteiger partial charge < -0.3 is 9.47 Å². The van der Waals surface area contributed by atoms with Gasteiger partial charge in [-0.1, -0.05) is 0 Å². The molecular formula is C13H24O8S2. The van der Waals surface area contributed by atoms with Crippen molar-refractivity contribution in [1.29, 1.82) is 0 Å². The lowest BCUT2D eigenvalue weighted by Crippen LogP contribution is -2.54. The molecule has 0 radical (unpaired) electrons. The van der Waals surface area contributed by atoms with Gasteiger partial charge in [0.1, 0.15) is 6.79 Å². The van der Waals surface area contributed by atoms with Gasteiger partial charge in [0.2, 0.25) is 0 Å². The summed E-state index contributed by atoms with van der Waals surface area (Å²) in [6.07, 6.45) is 6.00. The third-order valence-corrected chi connectivity index (χ3v) is 5.54. The SMILES string of the molecule is CS(=O)(=O)OCC[C@@]12CCC[C@@](CCOS(C)(=O)=O)(C1)OCO2. The summed E-state index contributed by atoms with van der Waals surface area (Å²) in [5, 5.41) is 0. The fourth-order valence-corrected chi connectivity index (χ4v) is 4.12. The second-order valence-corrected chi connectivity index (χ2v) is 9.64. The molecule has 136 valence electrons. The van der Waals surface area contributed by atoms with Gasteiger partial charge in [-0.2, -0.15) is 16.8 Å². The third kappa shape index (κ3) is 5.95. The van der Waals surface area contributed by atoms with Crippen molar-refractivity contribution < 1.29 is 34.7 Å². The fraction of sp³-hybridized carbons (Fsp3) is 1.00. The van der Waals surface area contributed by atoms with Gasteiger partial charge in [-0.05, 0) is 19.3 Å². The van der Waals surface area contributed by atoms with Crippen molar-refractivity contribution in [3.63, 3.8) is 0 Å². The van der Waals surface area contributed by atoms with Crippen LogP contribution in [-0.2, 0) is 38.1 Å². The van der Waals surface area contributed by atoms with Crippen molar-refractivity contribution in [2.45, 2.75) is 49.7 Å². The van der Waals surface area contributed by atoms with E-state index in [1.165, 1.54) is 0 Å². The van der Waals surface area contributed by atoms with Crippen molar-refractivity contribution >= 4 is 20.2 Å². The Morgan fingerprint density at radius 3 is 1.70 bits per heavy atom. The van der Waals surface area contributed by atoms with Gasteiger partial charge in [0.15, 0.2) is 0 Å². The van der Waals surface area contributed by atoms with E-state index >= 15 is 0 Å². The number of rotatable bonds is 8. The van der Waals surface area contributed by atoms with Crippen LogP contribution < -0.4 is 0 Å². The summed E-state index contributed by atoms with van der Waals surface area (Å²) in [6, 6.07) is 0. The van der Waals surface area contributed by atoms with Crippen molar-refractivity contribution in [2.75, 3.05) is 32.5 Å². The molecule has 0 aromatic rings. The van der Waals surface area contributed by atoms with Crippen LogP contribution >= 0.6 is 0 Å². The standard InChI is InChI=1S/C13H24O8S2/c1-22(14,15)20-8-6-12-4-3-5-13(10-12,19-11-18-12)7-9-21-23(2,16)17/h3-11H2,1-2H3/t12-,13+. The van der Waals surface area contributed by atoms with Crippen molar-refractivity contribution in [3.05, 3.63) is 0 Å². The summed E-state index contributed by atoms with van der Waals surface area (Å²) < 4.78 is 65.5. The van der Waals surface area contributed by atoms with Crippen molar-refractivity contribution in [2.24, 2.45) is 0 Å². The Labute approximate surface area is 137 Å². The molecule has 1 aliphatic heterocycles. The topological polar surface area (TPSA) is 105 Å². The molecule has 0 aromatic carbocycles. The zero-order valence-corrected chi connectivity index (χ0v) is 15.1. The summed E-state index contributed by atoms with van der Waals surface area (Å²) in [5.74, 6) is 0. The van der Waals surface area contributed by atoms with Crippen molar-refractivity contribution in [1.82, 2.24) is 0 Å². The Balaban J connectivity index is 1.95. The molecule has 8 nitrogen and oxygen atoms in total. The lowest BCUT2D eigenvalue weighted by Gasteiger charge is -2.51. The summed E-state index contributed by atoms with van der Waals surface area (Å²) in [6.45, 7) is 0.237. The first-order valence-corrected chi connectivity index (χ1v) is 11.1. The molecule has 2 rings (SSSR count). The van der Waals surface area contributed by atoms with Crippen molar-refractivity contribution in [3.8, 4) is 0 Å². The lowest BCUT2D eigenvalue weighted by atomic mass is 9.71. The molecule has 0 spiro atoms. The fourth-order valence-electron chi connectivity index (χ4n) is 3.35. The highest BCUT2D eigenvalue weighted by atomic mass is 32.2. The van der Waals surface area contributed by atoms with E-state index in [0.29, 0.717) is 19.3 Å². The molecule has 0 amide bonds. The van der Waals surface area contributed by atoms with Gasteiger partial charge in [0.05, 0.1) is 36.9 Å². The molecule has 2 fully saturated rings. The molecule has 1 heterocycles. The van der Waals surface area contributed by atoms with E-state index < -0.39 is 31.4 Å². The molecular weight excluding hydrogens is 348 g/mol. The predicted molar refractivity (Wildman–Crippen MR) is 81.8 cm³/mol. The van der Waals surface area contributed by atoms with E-state index in [2.05, 4.69) is 0 Å². The third-order valence-electron chi connectivity index (χ3n) is 4.35. The Hall–Kier alpha value is -0.260. The van der Waals surface area contributed by atoms with Crippen LogP contribution in [-0.4, -0.2) is 60.6 Å². The van der Waals surface area contributed by atoms with Gasteiger partial charge >= 0.3 is 0 Å². The minimum absolute atomic E-state index is 0.0642. The van der Waals surface area contributed by atoms with Gasteiger partial charge in [0, 0.05) is 19.3 Å². The van der Waals surface area contributed by atoms with E-state index in [0.717, 1.165) is 31.8 Å². The average Bonchev–Trinajstić information content (AvgIpc) is 2.35. The maximum absolute atomic E-state index is 11.1. The van der Waals surface area contributed by atoms with E-state index in [1.54, 1.807) is 0 Å². The van der Waals surface area contributed by atoms with Gasteiger partial charge in [-0.3, -0.25) is 8.37 Å². The Bertz CT molecular complexity index is 548. The summed E-state index contributed by atoms with van der Waals surface area (Å²) in [5.41, 5.74) is -0.960. The molecule has 1 saturated carbocycles. The Kier molecular flexibility index (Phi) is 5.74. The average molecular weight is 372 g/mol. The molecule has 2 aliphatic rings. The molecule has 0 N–H and O–H groups in total. The minimum Gasteiger partial charge on any atom is -0.349 e. The first kappa shape index (κ1) is 19.1. The van der Waals surface area contributed by atoms with Gasteiger partial charge in [0.25, 0.3) is 20.2 Å². The maximum Gasteiger partial charge on any atom is 0.264 e. The molecule has 1 saturated heterocycles. The molecule has 1 aliphatic carbocycles. The Morgan fingerprint density at radius 2 is 1.30 bits per heavy atom. The van der Waals surface area contributed by atoms with Gasteiger partial charge in [-0.15, -0.1) is 0 Å². The van der Waals surface area contributed by atoms with Crippen LogP contribution in [0.3, 0.4) is 0 Å². The monoisotopic (exact) mass is 372 g/mol. The summed E-state index contributed by atoms with van der Waals surface area (Å²) >= 11 is 0. The first-order valence-electron chi connectivity index (χ1n) is 7.50. The second-order valence-electron chi connectivity index (χ2n) is 6.36. The zero-order chi connectivity index (χ0) is 17.2. The highest BCUT2D eigenvalue weighted by Crippen LogP contribution is 2.47. The number of fused-ring (bicyclic) bond motifs is 2. The maximum atomic E-state index is 11.1. The number of ether oxygens (including phenoxy) is 2. The lowest BCUT2D eigenvalue weighted by molar-refractivity contribution is -0.287. The summed E-state index contributed by atoms with van der Waals surface area (Å²) in [4.78, 5) is 0. The number of hydrogen-bond donors (Lipinski definition) is 0. The normalized spacial score (nSPS) is 31.9. The van der Waals surface area contributed by atoms with E-state index in [1.807, 2.05) is 0 Å². The van der Waals surface area contributed by atoms with Crippen LogP contribution in [0, 0.1) is 0 Å².